The number of nitrogens with zero attached hydrogens (tertiary/aromatic N) is 2. The number of benzene rings is 4. The van der Waals surface area contributed by atoms with E-state index in [1.165, 1.54) is 17.8 Å². The van der Waals surface area contributed by atoms with Crippen LogP contribution < -0.4 is 14.9 Å². The minimum absolute atomic E-state index is 0.123. The summed E-state index contributed by atoms with van der Waals surface area (Å²) in [6, 6.07) is 29.7. The summed E-state index contributed by atoms with van der Waals surface area (Å²) in [7, 11) is -3.74. The van der Waals surface area contributed by atoms with Gasteiger partial charge in [-0.2, -0.15) is 0 Å². The maximum Gasteiger partial charge on any atom is 0.261 e. The van der Waals surface area contributed by atoms with Crippen molar-refractivity contribution in [2.24, 2.45) is 0 Å². The largest absolute Gasteiger partial charge is 0.369 e. The van der Waals surface area contributed by atoms with Gasteiger partial charge in [0.2, 0.25) is 0 Å². The number of anilines is 3. The first-order valence-electron chi connectivity index (χ1n) is 13.4. The van der Waals surface area contributed by atoms with E-state index in [0.29, 0.717) is 16.9 Å². The van der Waals surface area contributed by atoms with Crippen molar-refractivity contribution in [2.75, 3.05) is 41.1 Å². The first kappa shape index (κ1) is 27.4. The second-order valence-corrected chi connectivity index (χ2v) is 11.9. The Morgan fingerprint density at radius 1 is 0.750 bits per heavy atom. The van der Waals surface area contributed by atoms with Crippen molar-refractivity contribution in [1.29, 1.82) is 0 Å². The summed E-state index contributed by atoms with van der Waals surface area (Å²) in [5.74, 6) is -0.244. The van der Waals surface area contributed by atoms with E-state index in [0.717, 1.165) is 49.4 Å². The Hall–Kier alpha value is -4.14. The minimum Gasteiger partial charge on any atom is -0.369 e. The third-order valence-corrected chi connectivity index (χ3v) is 8.69. The number of piperazine rings is 1. The van der Waals surface area contributed by atoms with Crippen molar-refractivity contribution < 1.29 is 13.2 Å². The Balaban J connectivity index is 1.13. The van der Waals surface area contributed by atoms with Crippen molar-refractivity contribution in [3.05, 3.63) is 119 Å². The molecular formula is C32H34N4O3S. The van der Waals surface area contributed by atoms with E-state index in [4.69, 9.17) is 0 Å². The second-order valence-electron chi connectivity index (χ2n) is 10.2. The van der Waals surface area contributed by atoms with Crippen molar-refractivity contribution in [3.8, 4) is 0 Å². The molecule has 5 rings (SSSR count). The summed E-state index contributed by atoms with van der Waals surface area (Å²) in [6.07, 6.45) is 0. The predicted octanol–water partition coefficient (Wildman–Crippen LogP) is 5.68. The number of para-hydroxylation sites is 1. The molecule has 206 valence electrons. The van der Waals surface area contributed by atoms with E-state index in [1.54, 1.807) is 24.3 Å². The summed E-state index contributed by atoms with van der Waals surface area (Å²) in [4.78, 5) is 17.8. The standard InChI is InChI=1S/C32H34N4O3S/c1-24-8-13-29(22-25(24)2)34-40(38,39)31-16-14-28(15-17-31)33-32(37)27-11-9-26(10-12-27)23-35-18-20-36(21-19-35)30-6-4-3-5-7-30/h3-17,22,34H,18-21,23H2,1-2H3,(H,33,37). The van der Waals surface area contributed by atoms with Crippen LogP contribution in [0.15, 0.2) is 102 Å². The molecule has 1 aliphatic heterocycles. The van der Waals surface area contributed by atoms with E-state index in [-0.39, 0.29) is 10.8 Å². The number of carbonyl (C=O) groups excluding carboxylic acids is 1. The molecule has 1 aliphatic rings. The molecule has 1 fully saturated rings. The normalized spacial score (nSPS) is 14.1. The third-order valence-electron chi connectivity index (χ3n) is 7.30. The minimum atomic E-state index is -3.74. The van der Waals surface area contributed by atoms with E-state index in [2.05, 4.69) is 44.1 Å². The smallest absolute Gasteiger partial charge is 0.261 e. The van der Waals surface area contributed by atoms with Crippen molar-refractivity contribution in [1.82, 2.24) is 4.90 Å². The van der Waals surface area contributed by atoms with Gasteiger partial charge in [-0.25, -0.2) is 8.42 Å². The lowest BCUT2D eigenvalue weighted by Gasteiger charge is -2.36. The van der Waals surface area contributed by atoms with Gasteiger partial charge in [0.05, 0.1) is 4.90 Å². The van der Waals surface area contributed by atoms with Gasteiger partial charge >= 0.3 is 0 Å². The zero-order chi connectivity index (χ0) is 28.1. The molecule has 0 bridgehead atoms. The van der Waals surface area contributed by atoms with E-state index in [1.807, 2.05) is 50.2 Å². The molecule has 1 heterocycles. The summed E-state index contributed by atoms with van der Waals surface area (Å²) in [5, 5.41) is 2.85. The van der Waals surface area contributed by atoms with Crippen LogP contribution in [0.5, 0.6) is 0 Å². The number of aryl methyl sites for hydroxylation is 2. The zero-order valence-corrected chi connectivity index (χ0v) is 23.6. The fraction of sp³-hybridized carbons (Fsp3) is 0.219. The molecule has 0 saturated carbocycles. The molecule has 0 unspecified atom stereocenters. The first-order chi connectivity index (χ1) is 19.3. The molecule has 0 radical (unpaired) electrons. The average molecular weight is 555 g/mol. The maximum atomic E-state index is 12.8. The number of hydrogen-bond donors (Lipinski definition) is 2. The highest BCUT2D eigenvalue weighted by Gasteiger charge is 2.18. The number of hydrogen-bond acceptors (Lipinski definition) is 5. The van der Waals surface area contributed by atoms with Gasteiger partial charge in [-0.3, -0.25) is 14.4 Å². The summed E-state index contributed by atoms with van der Waals surface area (Å²) in [6.45, 7) is 8.72. The number of sulfonamides is 1. The molecule has 0 aliphatic carbocycles. The maximum absolute atomic E-state index is 12.8. The topological polar surface area (TPSA) is 81.8 Å². The van der Waals surface area contributed by atoms with E-state index >= 15 is 0 Å². The van der Waals surface area contributed by atoms with Gasteiger partial charge in [-0.1, -0.05) is 36.4 Å². The Morgan fingerprint density at radius 2 is 1.40 bits per heavy atom. The SMILES string of the molecule is Cc1ccc(NS(=O)(=O)c2ccc(NC(=O)c3ccc(CN4CCN(c5ccccc5)CC4)cc3)cc2)cc1C. The number of amides is 1. The molecule has 0 atom stereocenters. The molecule has 4 aromatic carbocycles. The number of carbonyl (C=O) groups is 1. The predicted molar refractivity (Wildman–Crippen MR) is 161 cm³/mol. The van der Waals surface area contributed by atoms with Crippen LogP contribution in [0, 0.1) is 13.8 Å². The van der Waals surface area contributed by atoms with Crippen molar-refractivity contribution >= 4 is 33.0 Å². The lowest BCUT2D eigenvalue weighted by molar-refractivity contribution is 0.102. The number of rotatable bonds is 8. The lowest BCUT2D eigenvalue weighted by Crippen LogP contribution is -2.45. The molecule has 7 nitrogen and oxygen atoms in total. The Kier molecular flexibility index (Phi) is 8.19. The van der Waals surface area contributed by atoms with Gasteiger partial charge < -0.3 is 10.2 Å². The highest BCUT2D eigenvalue weighted by Crippen LogP contribution is 2.21. The molecule has 1 saturated heterocycles. The molecule has 40 heavy (non-hydrogen) atoms. The van der Waals surface area contributed by atoms with Gasteiger partial charge in [-0.05, 0) is 91.2 Å². The van der Waals surface area contributed by atoms with Gasteiger partial charge in [0, 0.05) is 55.3 Å². The van der Waals surface area contributed by atoms with Crippen LogP contribution in [-0.4, -0.2) is 45.4 Å². The summed E-state index contributed by atoms with van der Waals surface area (Å²) >= 11 is 0. The fourth-order valence-electron chi connectivity index (χ4n) is 4.76. The fourth-order valence-corrected chi connectivity index (χ4v) is 5.81. The molecule has 0 aromatic heterocycles. The molecular weight excluding hydrogens is 520 g/mol. The Labute approximate surface area is 236 Å². The highest BCUT2D eigenvalue weighted by atomic mass is 32.2. The molecule has 8 heteroatoms. The Morgan fingerprint density at radius 3 is 2.05 bits per heavy atom. The monoisotopic (exact) mass is 554 g/mol. The van der Waals surface area contributed by atoms with E-state index < -0.39 is 10.0 Å². The zero-order valence-electron chi connectivity index (χ0n) is 22.8. The van der Waals surface area contributed by atoms with Crippen LogP contribution in [0.1, 0.15) is 27.0 Å². The van der Waals surface area contributed by atoms with Crippen LogP contribution in [0.3, 0.4) is 0 Å². The van der Waals surface area contributed by atoms with Gasteiger partial charge in [-0.15, -0.1) is 0 Å². The van der Waals surface area contributed by atoms with E-state index in [9.17, 15) is 13.2 Å². The van der Waals surface area contributed by atoms with Crippen LogP contribution in [-0.2, 0) is 16.6 Å². The van der Waals surface area contributed by atoms with Crippen LogP contribution in [0.2, 0.25) is 0 Å². The number of nitrogens with one attached hydrogen (secondary N) is 2. The average Bonchev–Trinajstić information content (AvgIpc) is 2.96. The van der Waals surface area contributed by atoms with Crippen molar-refractivity contribution in [3.63, 3.8) is 0 Å². The van der Waals surface area contributed by atoms with Gasteiger partial charge in [0.1, 0.15) is 0 Å². The highest BCUT2D eigenvalue weighted by molar-refractivity contribution is 7.92. The molecule has 0 spiro atoms. The third kappa shape index (κ3) is 6.70. The summed E-state index contributed by atoms with van der Waals surface area (Å²) < 4.78 is 28.2. The van der Waals surface area contributed by atoms with Crippen LogP contribution in [0.4, 0.5) is 17.1 Å². The van der Waals surface area contributed by atoms with Crippen LogP contribution >= 0.6 is 0 Å². The molecule has 4 aromatic rings. The van der Waals surface area contributed by atoms with Gasteiger partial charge in [0.25, 0.3) is 15.9 Å². The molecule has 2 N–H and O–H groups in total. The lowest BCUT2D eigenvalue weighted by atomic mass is 10.1. The second kappa shape index (κ2) is 11.9. The first-order valence-corrected chi connectivity index (χ1v) is 14.9. The summed E-state index contributed by atoms with van der Waals surface area (Å²) in [5.41, 5.74) is 6.11. The van der Waals surface area contributed by atoms with Crippen LogP contribution in [0.25, 0.3) is 0 Å². The quantitative estimate of drug-likeness (QED) is 0.293. The molecule has 1 amide bonds. The Bertz CT molecular complexity index is 1560. The van der Waals surface area contributed by atoms with Crippen molar-refractivity contribution in [2.45, 2.75) is 25.3 Å². The van der Waals surface area contributed by atoms with Gasteiger partial charge in [0.15, 0.2) is 0 Å².